The van der Waals surface area contributed by atoms with Crippen molar-refractivity contribution in [3.05, 3.63) is 54.4 Å². The molecule has 2 aromatic rings. The Morgan fingerprint density at radius 1 is 1.32 bits per heavy atom. The van der Waals surface area contributed by atoms with Crippen LogP contribution < -0.4 is 15.4 Å². The second kappa shape index (κ2) is 8.14. The number of hydrogen-bond donors (Lipinski definition) is 2. The van der Waals surface area contributed by atoms with Gasteiger partial charge in [0, 0.05) is 31.4 Å². The Bertz CT molecular complexity index is 602. The summed E-state index contributed by atoms with van der Waals surface area (Å²) >= 11 is 0. The van der Waals surface area contributed by atoms with E-state index < -0.39 is 0 Å². The molecule has 0 aliphatic heterocycles. The second-order valence-corrected chi connectivity index (χ2v) is 5.02. The predicted molar refractivity (Wildman–Crippen MR) is 86.9 cm³/mol. The monoisotopic (exact) mass is 299 g/mol. The fourth-order valence-electron chi connectivity index (χ4n) is 2.08. The summed E-state index contributed by atoms with van der Waals surface area (Å²) in [5, 5.41) is 6.18. The van der Waals surface area contributed by atoms with Crippen LogP contribution in [-0.4, -0.2) is 24.0 Å². The van der Waals surface area contributed by atoms with E-state index in [0.29, 0.717) is 6.61 Å². The summed E-state index contributed by atoms with van der Waals surface area (Å²) in [6, 6.07) is 11.7. The van der Waals surface area contributed by atoms with Crippen LogP contribution in [0.2, 0.25) is 0 Å². The highest BCUT2D eigenvalue weighted by molar-refractivity contribution is 5.88. The Kier molecular flexibility index (Phi) is 5.91. The molecule has 0 unspecified atom stereocenters. The highest BCUT2D eigenvalue weighted by atomic mass is 16.5. The molecule has 0 fully saturated rings. The van der Waals surface area contributed by atoms with Gasteiger partial charge in [-0.25, -0.2) is 0 Å². The number of rotatable bonds is 7. The standard InChI is InChI=1S/C17H21N3O2/c1-13(15-5-3-6-16(11-15)20-14(2)21)19-9-10-22-17-7-4-8-18-12-17/h3-8,11-13,19H,9-10H2,1-2H3,(H,20,21)/t13-/m1/s1. The molecule has 0 saturated carbocycles. The van der Waals surface area contributed by atoms with Gasteiger partial charge >= 0.3 is 0 Å². The SMILES string of the molecule is CC(=O)Nc1cccc([C@@H](C)NCCOc2cccnc2)c1. The van der Waals surface area contributed by atoms with Crippen molar-refractivity contribution >= 4 is 11.6 Å². The number of carbonyl (C=O) groups is 1. The number of pyridine rings is 1. The molecule has 116 valence electrons. The van der Waals surface area contributed by atoms with E-state index in [1.165, 1.54) is 6.92 Å². The van der Waals surface area contributed by atoms with E-state index in [0.717, 1.165) is 23.5 Å². The maximum absolute atomic E-state index is 11.1. The van der Waals surface area contributed by atoms with Crippen molar-refractivity contribution in [2.45, 2.75) is 19.9 Å². The first-order valence-corrected chi connectivity index (χ1v) is 7.29. The zero-order valence-electron chi connectivity index (χ0n) is 12.9. The summed E-state index contributed by atoms with van der Waals surface area (Å²) in [7, 11) is 0. The van der Waals surface area contributed by atoms with Crippen molar-refractivity contribution in [3.63, 3.8) is 0 Å². The average molecular weight is 299 g/mol. The minimum atomic E-state index is -0.0670. The van der Waals surface area contributed by atoms with Gasteiger partial charge in [0.2, 0.25) is 5.91 Å². The highest BCUT2D eigenvalue weighted by Crippen LogP contribution is 2.17. The third-order valence-corrected chi connectivity index (χ3v) is 3.16. The van der Waals surface area contributed by atoms with Crippen molar-refractivity contribution in [1.29, 1.82) is 0 Å². The van der Waals surface area contributed by atoms with Gasteiger partial charge in [0.15, 0.2) is 0 Å². The second-order valence-electron chi connectivity index (χ2n) is 5.02. The fraction of sp³-hybridized carbons (Fsp3) is 0.294. The van der Waals surface area contributed by atoms with Crippen molar-refractivity contribution < 1.29 is 9.53 Å². The first-order chi connectivity index (χ1) is 10.6. The summed E-state index contributed by atoms with van der Waals surface area (Å²) in [6.07, 6.45) is 3.41. The van der Waals surface area contributed by atoms with E-state index in [1.54, 1.807) is 12.4 Å². The molecule has 1 atom stereocenters. The summed E-state index contributed by atoms with van der Waals surface area (Å²) in [4.78, 5) is 15.1. The molecule has 0 saturated heterocycles. The topological polar surface area (TPSA) is 63.2 Å². The van der Waals surface area contributed by atoms with Crippen LogP contribution in [-0.2, 0) is 4.79 Å². The van der Waals surface area contributed by atoms with Crippen LogP contribution in [0.15, 0.2) is 48.8 Å². The van der Waals surface area contributed by atoms with E-state index in [2.05, 4.69) is 22.5 Å². The molecule has 2 N–H and O–H groups in total. The zero-order chi connectivity index (χ0) is 15.8. The van der Waals surface area contributed by atoms with Crippen molar-refractivity contribution in [3.8, 4) is 5.75 Å². The molecule has 0 aliphatic rings. The molecule has 1 heterocycles. The number of aromatic nitrogens is 1. The minimum absolute atomic E-state index is 0.0670. The molecule has 5 heteroatoms. The Balaban J connectivity index is 1.79. The molecule has 1 aromatic carbocycles. The van der Waals surface area contributed by atoms with Gasteiger partial charge in [0.25, 0.3) is 0 Å². The molecular formula is C17H21N3O2. The molecular weight excluding hydrogens is 278 g/mol. The first-order valence-electron chi connectivity index (χ1n) is 7.29. The third-order valence-electron chi connectivity index (χ3n) is 3.16. The Morgan fingerprint density at radius 2 is 2.18 bits per heavy atom. The predicted octanol–water partition coefficient (Wildman–Crippen LogP) is 2.77. The van der Waals surface area contributed by atoms with Gasteiger partial charge in [0.1, 0.15) is 12.4 Å². The smallest absolute Gasteiger partial charge is 0.221 e. The lowest BCUT2D eigenvalue weighted by molar-refractivity contribution is -0.114. The molecule has 0 radical (unpaired) electrons. The van der Waals surface area contributed by atoms with Crippen molar-refractivity contribution in [2.75, 3.05) is 18.5 Å². The number of nitrogens with zero attached hydrogens (tertiary/aromatic N) is 1. The fourth-order valence-corrected chi connectivity index (χ4v) is 2.08. The van der Waals surface area contributed by atoms with E-state index in [-0.39, 0.29) is 11.9 Å². The number of benzene rings is 1. The maximum Gasteiger partial charge on any atom is 0.221 e. The molecule has 5 nitrogen and oxygen atoms in total. The van der Waals surface area contributed by atoms with Crippen LogP contribution in [0.1, 0.15) is 25.5 Å². The van der Waals surface area contributed by atoms with Crippen LogP contribution in [0.5, 0.6) is 5.75 Å². The van der Waals surface area contributed by atoms with Gasteiger partial charge in [0.05, 0.1) is 6.20 Å². The Morgan fingerprint density at radius 3 is 2.91 bits per heavy atom. The lowest BCUT2D eigenvalue weighted by atomic mass is 10.1. The van der Waals surface area contributed by atoms with E-state index in [1.807, 2.05) is 36.4 Å². The minimum Gasteiger partial charge on any atom is -0.491 e. The molecule has 0 aliphatic carbocycles. The summed E-state index contributed by atoms with van der Waals surface area (Å²) in [5.74, 6) is 0.701. The number of carbonyl (C=O) groups excluding carboxylic acids is 1. The van der Waals surface area contributed by atoms with Gasteiger partial charge in [-0.15, -0.1) is 0 Å². The van der Waals surface area contributed by atoms with E-state index in [9.17, 15) is 4.79 Å². The van der Waals surface area contributed by atoms with Gasteiger partial charge in [-0.3, -0.25) is 9.78 Å². The average Bonchev–Trinajstić information content (AvgIpc) is 2.52. The van der Waals surface area contributed by atoms with Gasteiger partial charge in [-0.2, -0.15) is 0 Å². The molecule has 1 aromatic heterocycles. The van der Waals surface area contributed by atoms with Crippen molar-refractivity contribution in [2.24, 2.45) is 0 Å². The lowest BCUT2D eigenvalue weighted by Gasteiger charge is -2.15. The molecule has 2 rings (SSSR count). The largest absolute Gasteiger partial charge is 0.491 e. The first kappa shape index (κ1) is 16.0. The normalized spacial score (nSPS) is 11.7. The van der Waals surface area contributed by atoms with Crippen molar-refractivity contribution in [1.82, 2.24) is 10.3 Å². The van der Waals surface area contributed by atoms with E-state index >= 15 is 0 Å². The summed E-state index contributed by atoms with van der Waals surface area (Å²) < 4.78 is 5.59. The van der Waals surface area contributed by atoms with Crippen LogP contribution in [0.4, 0.5) is 5.69 Å². The quantitative estimate of drug-likeness (QED) is 0.772. The number of anilines is 1. The van der Waals surface area contributed by atoms with Crippen LogP contribution >= 0.6 is 0 Å². The number of ether oxygens (including phenoxy) is 1. The molecule has 22 heavy (non-hydrogen) atoms. The van der Waals surface area contributed by atoms with Crippen LogP contribution in [0, 0.1) is 0 Å². The van der Waals surface area contributed by atoms with Crippen LogP contribution in [0.3, 0.4) is 0 Å². The summed E-state index contributed by atoms with van der Waals surface area (Å²) in [6.45, 7) is 4.88. The Hall–Kier alpha value is -2.40. The van der Waals surface area contributed by atoms with Gasteiger partial charge in [-0.1, -0.05) is 12.1 Å². The lowest BCUT2D eigenvalue weighted by Crippen LogP contribution is -2.24. The van der Waals surface area contributed by atoms with Gasteiger partial charge in [-0.05, 0) is 36.8 Å². The zero-order valence-corrected chi connectivity index (χ0v) is 12.9. The number of amides is 1. The molecule has 0 bridgehead atoms. The van der Waals surface area contributed by atoms with Gasteiger partial charge < -0.3 is 15.4 Å². The number of hydrogen-bond acceptors (Lipinski definition) is 4. The summed E-state index contributed by atoms with van der Waals surface area (Å²) in [5.41, 5.74) is 1.93. The number of nitrogens with one attached hydrogen (secondary N) is 2. The molecule has 0 spiro atoms. The molecule has 1 amide bonds. The Labute approximate surface area is 130 Å². The van der Waals surface area contributed by atoms with E-state index in [4.69, 9.17) is 4.74 Å². The van der Waals surface area contributed by atoms with Crippen LogP contribution in [0.25, 0.3) is 0 Å². The highest BCUT2D eigenvalue weighted by Gasteiger charge is 2.06. The third kappa shape index (κ3) is 5.18. The maximum atomic E-state index is 11.1.